The molecule has 0 spiro atoms. The lowest BCUT2D eigenvalue weighted by atomic mass is 9.94. The summed E-state index contributed by atoms with van der Waals surface area (Å²) in [5.74, 6) is 0.623. The van der Waals surface area contributed by atoms with Gasteiger partial charge in [0.2, 0.25) is 0 Å². The summed E-state index contributed by atoms with van der Waals surface area (Å²) in [6.07, 6.45) is 5.10. The Balaban J connectivity index is 1.90. The second-order valence-electron chi connectivity index (χ2n) is 4.33. The molecule has 3 nitrogen and oxygen atoms in total. The molecule has 3 heteroatoms. The van der Waals surface area contributed by atoms with Crippen molar-refractivity contribution in [1.82, 2.24) is 4.90 Å². The number of likely N-dealkylation sites (tertiary alicyclic amines) is 1. The van der Waals surface area contributed by atoms with Gasteiger partial charge in [-0.05, 0) is 18.8 Å². The maximum absolute atomic E-state index is 9.08. The summed E-state index contributed by atoms with van der Waals surface area (Å²) >= 11 is 0. The highest BCUT2D eigenvalue weighted by Crippen LogP contribution is 2.31. The first-order valence-electron chi connectivity index (χ1n) is 5.20. The number of nitrogens with zero attached hydrogens (tertiary/aromatic N) is 2. The largest absolute Gasteiger partial charge is 0.325 e. The summed E-state index contributed by atoms with van der Waals surface area (Å²) in [6, 6.07) is 2.91. The minimum absolute atomic E-state index is 0.155. The third-order valence-electron chi connectivity index (χ3n) is 3.31. The van der Waals surface area contributed by atoms with Crippen molar-refractivity contribution in [3.05, 3.63) is 0 Å². The van der Waals surface area contributed by atoms with Crippen LogP contribution < -0.4 is 5.73 Å². The number of hydrogen-bond acceptors (Lipinski definition) is 3. The maximum Gasteiger partial charge on any atom is 0.101 e. The molecule has 0 radical (unpaired) electrons. The summed E-state index contributed by atoms with van der Waals surface area (Å²) in [7, 11) is 0. The van der Waals surface area contributed by atoms with Crippen molar-refractivity contribution in [2.24, 2.45) is 11.7 Å². The van der Waals surface area contributed by atoms with Crippen molar-refractivity contribution >= 4 is 0 Å². The summed E-state index contributed by atoms with van der Waals surface area (Å²) in [5.41, 5.74) is 5.71. The molecule has 0 bridgehead atoms. The molecular formula is C10H17N3. The van der Waals surface area contributed by atoms with Gasteiger partial charge in [-0.3, -0.25) is 4.90 Å². The maximum atomic E-state index is 9.08. The molecule has 0 amide bonds. The molecule has 2 N–H and O–H groups in total. The van der Waals surface area contributed by atoms with Crippen LogP contribution in [0.25, 0.3) is 0 Å². The molecule has 72 valence electrons. The molecule has 1 heterocycles. The van der Waals surface area contributed by atoms with Crippen molar-refractivity contribution in [3.8, 4) is 6.07 Å². The Morgan fingerprint density at radius 1 is 1.31 bits per heavy atom. The Hall–Kier alpha value is -0.590. The topological polar surface area (TPSA) is 53.0 Å². The van der Waals surface area contributed by atoms with E-state index in [-0.39, 0.29) is 6.04 Å². The first-order valence-corrected chi connectivity index (χ1v) is 5.20. The Labute approximate surface area is 79.5 Å². The van der Waals surface area contributed by atoms with Crippen molar-refractivity contribution in [3.63, 3.8) is 0 Å². The van der Waals surface area contributed by atoms with E-state index in [1.54, 1.807) is 0 Å². The molecular weight excluding hydrogens is 162 g/mol. The Bertz CT molecular complexity index is 209. The molecule has 2 rings (SSSR count). The minimum Gasteiger partial charge on any atom is -0.325 e. The van der Waals surface area contributed by atoms with Gasteiger partial charge in [0.05, 0.1) is 6.07 Å². The predicted molar refractivity (Wildman–Crippen MR) is 50.9 cm³/mol. The number of rotatable bonds is 2. The summed E-state index contributed by atoms with van der Waals surface area (Å²) in [4.78, 5) is 2.24. The normalized spacial score (nSPS) is 28.3. The van der Waals surface area contributed by atoms with Crippen LogP contribution in [0.4, 0.5) is 0 Å². The fraction of sp³-hybridized carbons (Fsp3) is 0.900. The fourth-order valence-electron chi connectivity index (χ4n) is 2.53. The molecule has 0 aromatic heterocycles. The molecule has 2 fully saturated rings. The third-order valence-corrected chi connectivity index (χ3v) is 3.31. The zero-order valence-electron chi connectivity index (χ0n) is 7.95. The van der Waals surface area contributed by atoms with Gasteiger partial charge in [0, 0.05) is 19.1 Å². The van der Waals surface area contributed by atoms with E-state index in [1.165, 1.54) is 25.7 Å². The smallest absolute Gasteiger partial charge is 0.101 e. The molecule has 1 atom stereocenters. The van der Waals surface area contributed by atoms with E-state index in [1.807, 2.05) is 0 Å². The first-order chi connectivity index (χ1) is 6.31. The standard InChI is InChI=1S/C10H17N3/c11-5-10(8-3-1-2-4-8)13-6-9(12)7-13/h8-10H,1-4,6-7,12H2/t10-/m0/s1. The quantitative estimate of drug-likeness (QED) is 0.679. The van der Waals surface area contributed by atoms with Gasteiger partial charge in [0.15, 0.2) is 0 Å². The van der Waals surface area contributed by atoms with Crippen molar-refractivity contribution in [1.29, 1.82) is 5.26 Å². The molecule has 2 aliphatic rings. The monoisotopic (exact) mass is 179 g/mol. The van der Waals surface area contributed by atoms with Crippen molar-refractivity contribution in [2.75, 3.05) is 13.1 Å². The average Bonchev–Trinajstić information content (AvgIpc) is 2.55. The highest BCUT2D eigenvalue weighted by Gasteiger charge is 2.35. The highest BCUT2D eigenvalue weighted by molar-refractivity contribution is 5.02. The lowest BCUT2D eigenvalue weighted by molar-refractivity contribution is 0.0901. The SMILES string of the molecule is N#C[C@@H](C1CCCC1)N1CC(N)C1. The van der Waals surface area contributed by atoms with E-state index in [0.29, 0.717) is 12.0 Å². The van der Waals surface area contributed by atoms with Gasteiger partial charge in [0.1, 0.15) is 6.04 Å². The second-order valence-corrected chi connectivity index (χ2v) is 4.33. The van der Waals surface area contributed by atoms with Gasteiger partial charge in [0.25, 0.3) is 0 Å². The van der Waals surface area contributed by atoms with E-state index in [0.717, 1.165) is 13.1 Å². The van der Waals surface area contributed by atoms with Gasteiger partial charge in [-0.2, -0.15) is 5.26 Å². The van der Waals surface area contributed by atoms with Crippen LogP contribution in [0.2, 0.25) is 0 Å². The first kappa shape index (κ1) is 8.98. The molecule has 1 aliphatic heterocycles. The van der Waals surface area contributed by atoms with Crippen LogP contribution in [0.5, 0.6) is 0 Å². The highest BCUT2D eigenvalue weighted by atomic mass is 15.2. The Kier molecular flexibility index (Phi) is 2.52. The zero-order chi connectivity index (χ0) is 9.26. The van der Waals surface area contributed by atoms with Crippen LogP contribution in [0.3, 0.4) is 0 Å². The van der Waals surface area contributed by atoms with Crippen LogP contribution in [-0.2, 0) is 0 Å². The number of hydrogen-bond donors (Lipinski definition) is 1. The van der Waals surface area contributed by atoms with Crippen LogP contribution in [0.15, 0.2) is 0 Å². The van der Waals surface area contributed by atoms with E-state index in [4.69, 9.17) is 11.0 Å². The Morgan fingerprint density at radius 3 is 2.38 bits per heavy atom. The van der Waals surface area contributed by atoms with E-state index in [9.17, 15) is 0 Å². The summed E-state index contributed by atoms with van der Waals surface area (Å²) in [6.45, 7) is 1.85. The molecule has 1 saturated heterocycles. The van der Waals surface area contributed by atoms with Gasteiger partial charge in [-0.1, -0.05) is 12.8 Å². The van der Waals surface area contributed by atoms with Crippen LogP contribution >= 0.6 is 0 Å². The van der Waals surface area contributed by atoms with Crippen LogP contribution in [-0.4, -0.2) is 30.1 Å². The second kappa shape index (κ2) is 3.65. The van der Waals surface area contributed by atoms with Gasteiger partial charge >= 0.3 is 0 Å². The molecule has 0 aromatic rings. The van der Waals surface area contributed by atoms with E-state index in [2.05, 4.69) is 11.0 Å². The lowest BCUT2D eigenvalue weighted by Gasteiger charge is -2.41. The van der Waals surface area contributed by atoms with Crippen molar-refractivity contribution in [2.45, 2.75) is 37.8 Å². The number of nitriles is 1. The summed E-state index contributed by atoms with van der Waals surface area (Å²) in [5, 5.41) is 9.08. The summed E-state index contributed by atoms with van der Waals surface area (Å²) < 4.78 is 0. The molecule has 0 aromatic carbocycles. The fourth-order valence-corrected chi connectivity index (χ4v) is 2.53. The van der Waals surface area contributed by atoms with Crippen LogP contribution in [0.1, 0.15) is 25.7 Å². The van der Waals surface area contributed by atoms with Crippen molar-refractivity contribution < 1.29 is 0 Å². The van der Waals surface area contributed by atoms with E-state index >= 15 is 0 Å². The number of nitrogens with two attached hydrogens (primary N) is 1. The molecule has 13 heavy (non-hydrogen) atoms. The van der Waals surface area contributed by atoms with Crippen LogP contribution in [0, 0.1) is 17.2 Å². The average molecular weight is 179 g/mol. The Morgan fingerprint density at radius 2 is 1.92 bits per heavy atom. The molecule has 1 saturated carbocycles. The zero-order valence-corrected chi connectivity index (χ0v) is 7.95. The third kappa shape index (κ3) is 1.70. The van der Waals surface area contributed by atoms with Gasteiger partial charge in [-0.25, -0.2) is 0 Å². The molecule has 0 unspecified atom stereocenters. The van der Waals surface area contributed by atoms with E-state index < -0.39 is 0 Å². The minimum atomic E-state index is 0.155. The lowest BCUT2D eigenvalue weighted by Crippen LogP contribution is -2.60. The van der Waals surface area contributed by atoms with Gasteiger partial charge in [-0.15, -0.1) is 0 Å². The predicted octanol–water partition coefficient (Wildman–Crippen LogP) is 0.712. The molecule has 1 aliphatic carbocycles. The van der Waals surface area contributed by atoms with Gasteiger partial charge < -0.3 is 5.73 Å².